The molecule has 2 rings (SSSR count). The highest BCUT2D eigenvalue weighted by Crippen LogP contribution is 2.28. The second kappa shape index (κ2) is 11.0. The molecule has 1 heterocycles. The maximum absolute atomic E-state index is 5.61. The summed E-state index contributed by atoms with van der Waals surface area (Å²) in [7, 11) is 1.83. The van der Waals surface area contributed by atoms with Gasteiger partial charge in [0, 0.05) is 38.6 Å². The largest absolute Gasteiger partial charge is 0.381 e. The monoisotopic (exact) mass is 413 g/mol. The molecule has 0 spiro atoms. The molecule has 2 N–H and O–H groups in total. The van der Waals surface area contributed by atoms with Crippen molar-refractivity contribution in [1.82, 2.24) is 10.6 Å². The molecule has 1 saturated carbocycles. The Morgan fingerprint density at radius 2 is 2.15 bits per heavy atom. The number of hydrogen-bond acceptors (Lipinski definition) is 3. The van der Waals surface area contributed by atoms with E-state index in [4.69, 9.17) is 4.74 Å². The Kier molecular flexibility index (Phi) is 10.1. The van der Waals surface area contributed by atoms with Crippen molar-refractivity contribution >= 4 is 41.7 Å². The van der Waals surface area contributed by atoms with Crippen molar-refractivity contribution in [3.05, 3.63) is 0 Å². The van der Waals surface area contributed by atoms with Gasteiger partial charge in [-0.15, -0.1) is 24.0 Å². The van der Waals surface area contributed by atoms with Gasteiger partial charge in [0.25, 0.3) is 0 Å². The van der Waals surface area contributed by atoms with Crippen LogP contribution in [0.15, 0.2) is 4.99 Å². The zero-order valence-corrected chi connectivity index (χ0v) is 15.5. The molecule has 0 bridgehead atoms. The van der Waals surface area contributed by atoms with Gasteiger partial charge in [-0.3, -0.25) is 4.99 Å². The Balaban J connectivity index is 0.00000200. The van der Waals surface area contributed by atoms with Gasteiger partial charge in [0.15, 0.2) is 5.96 Å². The van der Waals surface area contributed by atoms with E-state index in [-0.39, 0.29) is 24.0 Å². The minimum absolute atomic E-state index is 0. The summed E-state index contributed by atoms with van der Waals surface area (Å²) < 4.78 is 5.61. The molecule has 1 unspecified atom stereocenters. The summed E-state index contributed by atoms with van der Waals surface area (Å²) in [6, 6.07) is 0. The summed E-state index contributed by atoms with van der Waals surface area (Å²) in [6.07, 6.45) is 6.48. The molecule has 0 aromatic heterocycles. The van der Waals surface area contributed by atoms with Gasteiger partial charge in [-0.25, -0.2) is 0 Å². The van der Waals surface area contributed by atoms with Crippen LogP contribution in [0.4, 0.5) is 0 Å². The van der Waals surface area contributed by atoms with Crippen LogP contribution in [0.2, 0.25) is 0 Å². The minimum atomic E-state index is 0. The fourth-order valence-corrected chi connectivity index (χ4v) is 3.35. The predicted molar refractivity (Wildman–Crippen MR) is 98.4 cm³/mol. The van der Waals surface area contributed by atoms with E-state index in [1.807, 2.05) is 7.05 Å². The van der Waals surface area contributed by atoms with Gasteiger partial charge in [-0.2, -0.15) is 11.8 Å². The number of rotatable bonds is 8. The van der Waals surface area contributed by atoms with Crippen molar-refractivity contribution in [3.63, 3.8) is 0 Å². The number of thioether (sulfide) groups is 1. The first kappa shape index (κ1) is 18.4. The maximum Gasteiger partial charge on any atom is 0.191 e. The molecule has 20 heavy (non-hydrogen) atoms. The molecule has 6 heteroatoms. The fourth-order valence-electron chi connectivity index (χ4n) is 2.15. The summed E-state index contributed by atoms with van der Waals surface area (Å²) in [6.45, 7) is 3.79. The van der Waals surface area contributed by atoms with Gasteiger partial charge >= 0.3 is 0 Å². The highest BCUT2D eigenvalue weighted by Gasteiger charge is 2.20. The average Bonchev–Trinajstić information content (AvgIpc) is 3.11. The highest BCUT2D eigenvalue weighted by atomic mass is 127. The number of nitrogens with zero attached hydrogens (tertiary/aromatic N) is 1. The van der Waals surface area contributed by atoms with Crippen molar-refractivity contribution in [1.29, 1.82) is 0 Å². The van der Waals surface area contributed by atoms with Gasteiger partial charge in [0.2, 0.25) is 0 Å². The number of aliphatic imine (C=N–C) groups is 1. The van der Waals surface area contributed by atoms with Crippen LogP contribution in [0.3, 0.4) is 0 Å². The van der Waals surface area contributed by atoms with Gasteiger partial charge in [-0.05, 0) is 43.8 Å². The van der Waals surface area contributed by atoms with Crippen LogP contribution >= 0.6 is 35.7 Å². The van der Waals surface area contributed by atoms with Crippen LogP contribution in [0, 0.1) is 5.92 Å². The summed E-state index contributed by atoms with van der Waals surface area (Å²) in [4.78, 5) is 4.25. The number of halogens is 1. The van der Waals surface area contributed by atoms with Gasteiger partial charge < -0.3 is 15.4 Å². The van der Waals surface area contributed by atoms with Crippen molar-refractivity contribution in [2.24, 2.45) is 10.9 Å². The lowest BCUT2D eigenvalue weighted by atomic mass is 10.2. The molecule has 1 saturated heterocycles. The van der Waals surface area contributed by atoms with Gasteiger partial charge in [0.05, 0.1) is 0 Å². The molecule has 4 nitrogen and oxygen atoms in total. The molecule has 2 fully saturated rings. The van der Waals surface area contributed by atoms with Gasteiger partial charge in [0.1, 0.15) is 0 Å². The zero-order valence-electron chi connectivity index (χ0n) is 12.4. The predicted octanol–water partition coefficient (Wildman–Crippen LogP) is 2.48. The Bertz CT molecular complexity index is 282. The van der Waals surface area contributed by atoms with E-state index < -0.39 is 0 Å². The number of ether oxygens (including phenoxy) is 1. The van der Waals surface area contributed by atoms with Crippen LogP contribution in [-0.4, -0.2) is 50.3 Å². The first-order valence-electron chi connectivity index (χ1n) is 7.52. The van der Waals surface area contributed by atoms with E-state index in [1.165, 1.54) is 31.4 Å². The third-order valence-electron chi connectivity index (χ3n) is 3.55. The number of guanidine groups is 1. The zero-order chi connectivity index (χ0) is 13.3. The first-order valence-corrected chi connectivity index (χ1v) is 8.57. The van der Waals surface area contributed by atoms with Crippen LogP contribution in [-0.2, 0) is 4.74 Å². The quantitative estimate of drug-likeness (QED) is 0.278. The second-order valence-corrected chi connectivity index (χ2v) is 6.80. The molecule has 1 atom stereocenters. The summed E-state index contributed by atoms with van der Waals surface area (Å²) >= 11 is 2.07. The Hall–Kier alpha value is 0.310. The molecular formula is C14H28IN3OS. The third-order valence-corrected chi connectivity index (χ3v) is 4.95. The SMILES string of the molecule is CN=C(NCCCOCC1CC1)NCC1CCCS1.I. The summed E-state index contributed by atoms with van der Waals surface area (Å²) in [5.74, 6) is 3.11. The molecular weight excluding hydrogens is 385 g/mol. The van der Waals surface area contributed by atoms with Crippen molar-refractivity contribution in [2.45, 2.75) is 37.4 Å². The van der Waals surface area contributed by atoms with Gasteiger partial charge in [-0.1, -0.05) is 0 Å². The van der Waals surface area contributed by atoms with E-state index in [1.54, 1.807) is 0 Å². The topological polar surface area (TPSA) is 45.7 Å². The van der Waals surface area contributed by atoms with E-state index in [0.29, 0.717) is 0 Å². The van der Waals surface area contributed by atoms with E-state index in [9.17, 15) is 0 Å². The van der Waals surface area contributed by atoms with Crippen LogP contribution in [0.1, 0.15) is 32.1 Å². The van der Waals surface area contributed by atoms with Crippen LogP contribution in [0.5, 0.6) is 0 Å². The van der Waals surface area contributed by atoms with Crippen molar-refractivity contribution in [3.8, 4) is 0 Å². The van der Waals surface area contributed by atoms with Crippen LogP contribution in [0.25, 0.3) is 0 Å². The third kappa shape index (κ3) is 7.93. The number of hydrogen-bond donors (Lipinski definition) is 2. The minimum Gasteiger partial charge on any atom is -0.381 e. The van der Waals surface area contributed by atoms with Crippen molar-refractivity contribution < 1.29 is 4.74 Å². The lowest BCUT2D eigenvalue weighted by Gasteiger charge is -2.14. The number of nitrogens with one attached hydrogen (secondary N) is 2. The molecule has 1 aliphatic heterocycles. The molecule has 0 amide bonds. The molecule has 118 valence electrons. The molecule has 0 aromatic rings. The Morgan fingerprint density at radius 1 is 1.30 bits per heavy atom. The average molecular weight is 413 g/mol. The summed E-state index contributed by atoms with van der Waals surface area (Å²) in [5, 5.41) is 7.52. The molecule has 0 radical (unpaired) electrons. The maximum atomic E-state index is 5.61. The molecule has 1 aliphatic carbocycles. The normalized spacial score (nSPS) is 22.4. The fraction of sp³-hybridized carbons (Fsp3) is 0.929. The lowest BCUT2D eigenvalue weighted by Crippen LogP contribution is -2.40. The smallest absolute Gasteiger partial charge is 0.191 e. The molecule has 0 aromatic carbocycles. The highest BCUT2D eigenvalue weighted by molar-refractivity contribution is 14.0. The Morgan fingerprint density at radius 3 is 2.80 bits per heavy atom. The standard InChI is InChI=1S/C14H27N3OS.HI/c1-15-14(17-10-13-4-2-9-19-13)16-7-3-8-18-11-12-5-6-12;/h12-13H,2-11H2,1H3,(H2,15,16,17);1H. The first-order chi connectivity index (χ1) is 9.38. The van der Waals surface area contributed by atoms with E-state index in [0.717, 1.165) is 49.9 Å². The lowest BCUT2D eigenvalue weighted by molar-refractivity contribution is 0.123. The Labute approximate surface area is 144 Å². The van der Waals surface area contributed by atoms with Crippen molar-refractivity contribution in [2.75, 3.05) is 39.1 Å². The van der Waals surface area contributed by atoms with Crippen LogP contribution < -0.4 is 10.6 Å². The summed E-state index contributed by atoms with van der Waals surface area (Å²) in [5.41, 5.74) is 0. The molecule has 2 aliphatic rings. The second-order valence-electron chi connectivity index (χ2n) is 5.39. The van der Waals surface area contributed by atoms with E-state index in [2.05, 4.69) is 27.4 Å². The van der Waals surface area contributed by atoms with E-state index >= 15 is 0 Å².